The average molecular weight is 434 g/mol. The molecule has 0 spiro atoms. The molecule has 4 rings (SSSR count). The maximum Gasteiger partial charge on any atom is 0.407 e. The van der Waals surface area contributed by atoms with E-state index in [2.05, 4.69) is 17.4 Å². The lowest BCUT2D eigenvalue weighted by atomic mass is 9.98. The molecule has 166 valence electrons. The molecule has 7 nitrogen and oxygen atoms in total. The number of hydrogen-bond acceptors (Lipinski definition) is 6. The van der Waals surface area contributed by atoms with Crippen LogP contribution < -0.4 is 16.8 Å². The van der Waals surface area contributed by atoms with Gasteiger partial charge in [-0.2, -0.15) is 0 Å². The molecule has 1 aliphatic rings. The summed E-state index contributed by atoms with van der Waals surface area (Å²) in [6.07, 6.45) is -3.13. The van der Waals surface area contributed by atoms with Crippen molar-refractivity contribution in [1.82, 2.24) is 5.32 Å². The number of fused-ring (bicyclic) bond motifs is 3. The third kappa shape index (κ3) is 4.12. The fourth-order valence-electron chi connectivity index (χ4n) is 4.24. The van der Waals surface area contributed by atoms with Crippen LogP contribution in [0.4, 0.5) is 16.2 Å². The Morgan fingerprint density at radius 3 is 2.19 bits per heavy atom. The summed E-state index contributed by atoms with van der Waals surface area (Å²) < 4.78 is 5.45. The van der Waals surface area contributed by atoms with E-state index in [9.17, 15) is 15.0 Å². The Hall–Kier alpha value is -3.55. The van der Waals surface area contributed by atoms with E-state index >= 15 is 0 Å². The van der Waals surface area contributed by atoms with Gasteiger partial charge in [0.2, 0.25) is 0 Å². The van der Waals surface area contributed by atoms with Gasteiger partial charge in [0.25, 0.3) is 0 Å². The first kappa shape index (κ1) is 21.7. The van der Waals surface area contributed by atoms with Gasteiger partial charge in [-0.25, -0.2) is 4.79 Å². The van der Waals surface area contributed by atoms with Crippen LogP contribution in [0.1, 0.15) is 34.3 Å². The summed E-state index contributed by atoms with van der Waals surface area (Å²) >= 11 is 0. The highest BCUT2D eigenvalue weighted by Gasteiger charge is 2.29. The van der Waals surface area contributed by atoms with Gasteiger partial charge in [-0.15, -0.1) is 0 Å². The molecule has 0 aromatic heterocycles. The molecular formula is C25H27N3O4. The molecule has 2 unspecified atom stereocenters. The molecular weight excluding hydrogens is 406 g/mol. The topological polar surface area (TPSA) is 131 Å². The van der Waals surface area contributed by atoms with Crippen molar-refractivity contribution >= 4 is 17.5 Å². The molecule has 0 aliphatic heterocycles. The number of aliphatic hydroxyl groups is 2. The van der Waals surface area contributed by atoms with Gasteiger partial charge < -0.3 is 31.7 Å². The normalized spacial score (nSPS) is 14.3. The molecule has 3 aromatic carbocycles. The lowest BCUT2D eigenvalue weighted by Gasteiger charge is -2.21. The maximum absolute atomic E-state index is 12.3. The van der Waals surface area contributed by atoms with Crippen molar-refractivity contribution in [2.24, 2.45) is 0 Å². The summed E-state index contributed by atoms with van der Waals surface area (Å²) in [6.45, 7) is 1.76. The first-order valence-corrected chi connectivity index (χ1v) is 10.5. The number of carbonyl (C=O) groups excluding carboxylic acids is 1. The number of aryl methyl sites for hydroxylation is 1. The number of carbonyl (C=O) groups is 1. The van der Waals surface area contributed by atoms with Gasteiger partial charge in [-0.1, -0.05) is 48.5 Å². The minimum atomic E-state index is -1.24. The van der Waals surface area contributed by atoms with Gasteiger partial charge in [-0.05, 0) is 52.4 Å². The number of hydrogen-bond donors (Lipinski definition) is 5. The monoisotopic (exact) mass is 433 g/mol. The molecule has 7 heteroatoms. The highest BCUT2D eigenvalue weighted by atomic mass is 16.5. The molecule has 7 N–H and O–H groups in total. The van der Waals surface area contributed by atoms with Crippen molar-refractivity contribution in [2.75, 3.05) is 24.6 Å². The van der Waals surface area contributed by atoms with Crippen LogP contribution in [-0.2, 0) is 4.74 Å². The highest BCUT2D eigenvalue weighted by molar-refractivity contribution is 5.79. The zero-order valence-corrected chi connectivity index (χ0v) is 17.8. The van der Waals surface area contributed by atoms with E-state index in [0.717, 1.165) is 22.3 Å². The Morgan fingerprint density at radius 2 is 1.56 bits per heavy atom. The number of nitrogen functional groups attached to an aromatic ring is 2. The molecule has 1 aliphatic carbocycles. The van der Waals surface area contributed by atoms with Crippen LogP contribution in [0.15, 0.2) is 60.7 Å². The second-order valence-electron chi connectivity index (χ2n) is 8.06. The number of amides is 1. The molecule has 0 bridgehead atoms. The number of benzene rings is 3. The van der Waals surface area contributed by atoms with Crippen molar-refractivity contribution in [3.8, 4) is 11.1 Å². The summed E-state index contributed by atoms with van der Waals surface area (Å²) in [5.74, 6) is -0.0518. The Bertz CT molecular complexity index is 1100. The fraction of sp³-hybridized carbons (Fsp3) is 0.240. The first-order valence-electron chi connectivity index (χ1n) is 10.5. The van der Waals surface area contributed by atoms with Gasteiger partial charge in [0.1, 0.15) is 18.8 Å². The third-order valence-electron chi connectivity index (χ3n) is 5.95. The van der Waals surface area contributed by atoms with Crippen LogP contribution >= 0.6 is 0 Å². The second-order valence-corrected chi connectivity index (χ2v) is 8.06. The molecule has 2 atom stereocenters. The zero-order chi connectivity index (χ0) is 22.8. The number of rotatable bonds is 6. The Balaban J connectivity index is 1.35. The molecule has 1 amide bonds. The molecule has 0 saturated heterocycles. The summed E-state index contributed by atoms with van der Waals surface area (Å²) in [5.41, 5.74) is 18.0. The summed E-state index contributed by atoms with van der Waals surface area (Å²) in [5, 5.41) is 23.4. The van der Waals surface area contributed by atoms with Crippen LogP contribution in [0.5, 0.6) is 0 Å². The van der Waals surface area contributed by atoms with Crippen molar-refractivity contribution in [1.29, 1.82) is 0 Å². The molecule has 0 radical (unpaired) electrons. The average Bonchev–Trinajstić information content (AvgIpc) is 3.11. The number of ether oxygens (including phenoxy) is 1. The fourth-order valence-corrected chi connectivity index (χ4v) is 4.24. The third-order valence-corrected chi connectivity index (χ3v) is 5.95. The van der Waals surface area contributed by atoms with Crippen molar-refractivity contribution < 1.29 is 19.7 Å². The highest BCUT2D eigenvalue weighted by Crippen LogP contribution is 2.44. The van der Waals surface area contributed by atoms with Gasteiger partial charge in [0.05, 0.1) is 11.4 Å². The van der Waals surface area contributed by atoms with E-state index in [0.29, 0.717) is 22.5 Å². The van der Waals surface area contributed by atoms with Crippen LogP contribution in [-0.4, -0.2) is 35.6 Å². The SMILES string of the molecule is Cc1cc(N)c(N)cc1C(O)C(O)CNC(=O)OCC1c2ccccc2-c2ccccc21. The minimum absolute atomic E-state index is 0.0518. The molecule has 0 saturated carbocycles. The van der Waals surface area contributed by atoms with Gasteiger partial charge in [0.15, 0.2) is 0 Å². The predicted molar refractivity (Wildman–Crippen MR) is 124 cm³/mol. The Kier molecular flexibility index (Phi) is 6.03. The smallest absolute Gasteiger partial charge is 0.407 e. The zero-order valence-electron chi connectivity index (χ0n) is 17.8. The van der Waals surface area contributed by atoms with Gasteiger partial charge >= 0.3 is 6.09 Å². The van der Waals surface area contributed by atoms with E-state index in [1.54, 1.807) is 13.0 Å². The Labute approximate surface area is 186 Å². The molecule has 0 heterocycles. The number of nitrogens with two attached hydrogens (primary N) is 2. The lowest BCUT2D eigenvalue weighted by molar-refractivity contribution is 0.0182. The van der Waals surface area contributed by atoms with Gasteiger partial charge in [-0.3, -0.25) is 0 Å². The summed E-state index contributed by atoms with van der Waals surface area (Å²) in [7, 11) is 0. The predicted octanol–water partition coefficient (Wildman–Crippen LogP) is 3.09. The standard InChI is InChI=1S/C25H27N3O4/c1-14-10-21(26)22(27)11-19(14)24(30)23(29)12-28-25(31)32-13-20-17-8-4-2-6-15(17)16-7-3-5-9-18(16)20/h2-11,20,23-24,29-30H,12-13,26-27H2,1H3,(H,28,31). The van der Waals surface area contributed by atoms with Crippen LogP contribution in [0.2, 0.25) is 0 Å². The maximum atomic E-state index is 12.3. The largest absolute Gasteiger partial charge is 0.449 e. The van der Waals surface area contributed by atoms with Crippen LogP contribution in [0.25, 0.3) is 11.1 Å². The quantitative estimate of drug-likeness (QED) is 0.380. The molecule has 32 heavy (non-hydrogen) atoms. The molecule has 3 aromatic rings. The first-order chi connectivity index (χ1) is 15.4. The number of aliphatic hydroxyl groups excluding tert-OH is 2. The van der Waals surface area contributed by atoms with Crippen molar-refractivity contribution in [2.45, 2.75) is 25.0 Å². The van der Waals surface area contributed by atoms with Crippen molar-refractivity contribution in [3.63, 3.8) is 0 Å². The van der Waals surface area contributed by atoms with E-state index in [1.165, 1.54) is 6.07 Å². The van der Waals surface area contributed by atoms with Crippen molar-refractivity contribution in [3.05, 3.63) is 82.9 Å². The van der Waals surface area contributed by atoms with Gasteiger partial charge in [0, 0.05) is 12.5 Å². The lowest BCUT2D eigenvalue weighted by Crippen LogP contribution is -2.36. The second kappa shape index (κ2) is 8.90. The van der Waals surface area contributed by atoms with E-state index < -0.39 is 18.3 Å². The molecule has 0 fully saturated rings. The minimum Gasteiger partial charge on any atom is -0.449 e. The number of anilines is 2. The van der Waals surface area contributed by atoms with E-state index in [4.69, 9.17) is 16.2 Å². The summed E-state index contributed by atoms with van der Waals surface area (Å²) in [4.78, 5) is 12.3. The number of alkyl carbamates (subject to hydrolysis) is 1. The van der Waals surface area contributed by atoms with E-state index in [1.807, 2.05) is 36.4 Å². The Morgan fingerprint density at radius 1 is 1.00 bits per heavy atom. The number of nitrogens with one attached hydrogen (secondary N) is 1. The van der Waals surface area contributed by atoms with E-state index in [-0.39, 0.29) is 19.1 Å². The summed E-state index contributed by atoms with van der Waals surface area (Å²) in [6, 6.07) is 19.3. The van der Waals surface area contributed by atoms with Crippen LogP contribution in [0.3, 0.4) is 0 Å². The van der Waals surface area contributed by atoms with Crippen LogP contribution in [0, 0.1) is 6.92 Å².